The van der Waals surface area contributed by atoms with Gasteiger partial charge in [-0.2, -0.15) is 0 Å². The number of hydrogen-bond acceptors (Lipinski definition) is 4. The van der Waals surface area contributed by atoms with Crippen molar-refractivity contribution in [2.75, 3.05) is 20.2 Å². The summed E-state index contributed by atoms with van der Waals surface area (Å²) in [4.78, 5) is 5.22. The minimum absolute atomic E-state index is 0. The van der Waals surface area contributed by atoms with Crippen molar-refractivity contribution < 1.29 is 9.84 Å². The van der Waals surface area contributed by atoms with Crippen molar-refractivity contribution in [3.8, 4) is 0 Å². The molecule has 0 saturated carbocycles. The maximum absolute atomic E-state index is 10.6. The summed E-state index contributed by atoms with van der Waals surface area (Å²) in [6.45, 7) is 4.53. The Kier molecular flexibility index (Phi) is 10.6. The van der Waals surface area contributed by atoms with E-state index in [-0.39, 0.29) is 24.0 Å². The highest BCUT2D eigenvalue weighted by Gasteiger charge is 2.12. The molecule has 0 fully saturated rings. The van der Waals surface area contributed by atoms with Crippen LogP contribution in [0.25, 0.3) is 10.1 Å². The summed E-state index contributed by atoms with van der Waals surface area (Å²) in [5, 5.41) is 18.3. The van der Waals surface area contributed by atoms with Crippen LogP contribution in [-0.4, -0.2) is 31.3 Å². The number of fused-ring (bicyclic) bond motifs is 1. The predicted molar refractivity (Wildman–Crippen MR) is 137 cm³/mol. The Labute approximate surface area is 199 Å². The zero-order valence-electron chi connectivity index (χ0n) is 17.4. The van der Waals surface area contributed by atoms with Gasteiger partial charge < -0.3 is 20.5 Å². The van der Waals surface area contributed by atoms with Crippen LogP contribution in [0.1, 0.15) is 35.5 Å². The van der Waals surface area contributed by atoms with Gasteiger partial charge in [-0.05, 0) is 35.1 Å². The maximum Gasteiger partial charge on any atom is 0.191 e. The Bertz CT molecular complexity index is 912. The summed E-state index contributed by atoms with van der Waals surface area (Å²) in [6.07, 6.45) is 0.430. The summed E-state index contributed by atoms with van der Waals surface area (Å²) in [6, 6.07) is 18.5. The standard InChI is InChI=1S/C23H29N3O2S.HI/c1-3-12-28-16-19-10-5-4-9-18(19)14-25-23(24-2)26-15-20(27)22-13-17-8-6-7-11-21(17)29-22;/h4-11,13,20,27H,3,12,14-16H2,1-2H3,(H2,24,25,26);1H. The van der Waals surface area contributed by atoms with Crippen LogP contribution in [0.4, 0.5) is 0 Å². The summed E-state index contributed by atoms with van der Waals surface area (Å²) < 4.78 is 6.88. The SMILES string of the molecule is CCCOCc1ccccc1CNC(=NC)NCC(O)c1cc2ccccc2s1.I. The van der Waals surface area contributed by atoms with Gasteiger partial charge in [0.15, 0.2) is 5.96 Å². The van der Waals surface area contributed by atoms with Gasteiger partial charge in [-0.3, -0.25) is 4.99 Å². The molecule has 1 aromatic heterocycles. The van der Waals surface area contributed by atoms with E-state index < -0.39 is 6.10 Å². The molecule has 7 heteroatoms. The predicted octanol–water partition coefficient (Wildman–Crippen LogP) is 4.84. The molecule has 3 aromatic rings. The number of nitrogens with zero attached hydrogens (tertiary/aromatic N) is 1. The first-order chi connectivity index (χ1) is 14.2. The second kappa shape index (κ2) is 12.9. The number of benzene rings is 2. The van der Waals surface area contributed by atoms with E-state index in [1.165, 1.54) is 15.8 Å². The third-order valence-electron chi connectivity index (χ3n) is 4.63. The summed E-state index contributed by atoms with van der Waals surface area (Å²) in [5.74, 6) is 0.662. The summed E-state index contributed by atoms with van der Waals surface area (Å²) >= 11 is 1.62. The normalized spacial score (nSPS) is 12.4. The summed E-state index contributed by atoms with van der Waals surface area (Å²) in [5.41, 5.74) is 2.35. The highest BCUT2D eigenvalue weighted by molar-refractivity contribution is 14.0. The first kappa shape index (κ1) is 24.6. The average molecular weight is 539 g/mol. The Morgan fingerprint density at radius 3 is 2.57 bits per heavy atom. The third-order valence-corrected chi connectivity index (χ3v) is 5.85. The third kappa shape index (κ3) is 6.94. The number of ether oxygens (including phenoxy) is 1. The molecule has 1 atom stereocenters. The van der Waals surface area contributed by atoms with Crippen molar-refractivity contribution in [1.82, 2.24) is 10.6 Å². The minimum atomic E-state index is -0.583. The van der Waals surface area contributed by atoms with Crippen molar-refractivity contribution in [3.63, 3.8) is 0 Å². The fraction of sp³-hybridized carbons (Fsp3) is 0.348. The van der Waals surface area contributed by atoms with Crippen molar-refractivity contribution in [1.29, 1.82) is 0 Å². The van der Waals surface area contributed by atoms with E-state index in [4.69, 9.17) is 4.74 Å². The zero-order valence-corrected chi connectivity index (χ0v) is 20.6. The molecule has 1 unspecified atom stereocenters. The number of hydrogen-bond donors (Lipinski definition) is 3. The zero-order chi connectivity index (χ0) is 20.5. The van der Waals surface area contributed by atoms with Gasteiger partial charge in [0.1, 0.15) is 6.10 Å². The van der Waals surface area contributed by atoms with Crippen molar-refractivity contribution in [2.45, 2.75) is 32.6 Å². The number of aliphatic hydroxyl groups excluding tert-OH is 1. The monoisotopic (exact) mass is 539 g/mol. The van der Waals surface area contributed by atoms with Gasteiger partial charge in [0.2, 0.25) is 0 Å². The maximum atomic E-state index is 10.6. The molecular formula is C23H30IN3O2S. The van der Waals surface area contributed by atoms with E-state index in [1.54, 1.807) is 18.4 Å². The average Bonchev–Trinajstić information content (AvgIpc) is 3.19. The number of thiophene rings is 1. The molecule has 162 valence electrons. The van der Waals surface area contributed by atoms with Gasteiger partial charge in [-0.15, -0.1) is 35.3 Å². The lowest BCUT2D eigenvalue weighted by molar-refractivity contribution is 0.121. The largest absolute Gasteiger partial charge is 0.386 e. The van der Waals surface area contributed by atoms with Crippen LogP contribution in [0.15, 0.2) is 59.6 Å². The van der Waals surface area contributed by atoms with Crippen molar-refractivity contribution in [3.05, 3.63) is 70.6 Å². The second-order valence-corrected chi connectivity index (χ2v) is 7.95. The van der Waals surface area contributed by atoms with Gasteiger partial charge in [0, 0.05) is 36.3 Å². The number of halogens is 1. The van der Waals surface area contributed by atoms with E-state index in [1.807, 2.05) is 24.3 Å². The Balaban J connectivity index is 0.00000320. The van der Waals surface area contributed by atoms with Crippen LogP contribution in [0.5, 0.6) is 0 Å². The Morgan fingerprint density at radius 1 is 1.10 bits per heavy atom. The molecule has 1 heterocycles. The van der Waals surface area contributed by atoms with Gasteiger partial charge in [-0.1, -0.05) is 49.4 Å². The molecule has 2 aromatic carbocycles. The highest BCUT2D eigenvalue weighted by atomic mass is 127. The van der Waals surface area contributed by atoms with Crippen LogP contribution in [0, 0.1) is 0 Å². The molecule has 0 radical (unpaired) electrons. The van der Waals surface area contributed by atoms with E-state index in [2.05, 4.69) is 52.9 Å². The number of rotatable bonds is 9. The molecule has 5 nitrogen and oxygen atoms in total. The fourth-order valence-corrected chi connectivity index (χ4v) is 4.11. The lowest BCUT2D eigenvalue weighted by atomic mass is 10.1. The van der Waals surface area contributed by atoms with Crippen LogP contribution in [-0.2, 0) is 17.9 Å². The molecule has 0 amide bonds. The number of guanidine groups is 1. The van der Waals surface area contributed by atoms with E-state index in [0.29, 0.717) is 25.7 Å². The smallest absolute Gasteiger partial charge is 0.191 e. The fourth-order valence-electron chi connectivity index (χ4n) is 3.06. The number of aliphatic imine (C=N–C) groups is 1. The quantitative estimate of drug-likeness (QED) is 0.158. The van der Waals surface area contributed by atoms with Gasteiger partial charge in [-0.25, -0.2) is 0 Å². The van der Waals surface area contributed by atoms with Crippen LogP contribution in [0.3, 0.4) is 0 Å². The lowest BCUT2D eigenvalue weighted by Gasteiger charge is -2.16. The first-order valence-corrected chi connectivity index (χ1v) is 10.8. The van der Waals surface area contributed by atoms with Crippen LogP contribution in [0.2, 0.25) is 0 Å². The molecule has 0 bridgehead atoms. The molecule has 3 N–H and O–H groups in total. The lowest BCUT2D eigenvalue weighted by Crippen LogP contribution is -2.39. The molecule has 0 spiro atoms. The number of aliphatic hydroxyl groups is 1. The van der Waals surface area contributed by atoms with Crippen LogP contribution < -0.4 is 10.6 Å². The molecule has 0 saturated heterocycles. The molecular weight excluding hydrogens is 509 g/mol. The number of nitrogens with one attached hydrogen (secondary N) is 2. The van der Waals surface area contributed by atoms with Crippen molar-refractivity contribution >= 4 is 51.4 Å². The highest BCUT2D eigenvalue weighted by Crippen LogP contribution is 2.29. The van der Waals surface area contributed by atoms with Gasteiger partial charge >= 0.3 is 0 Å². The first-order valence-electron chi connectivity index (χ1n) is 9.96. The Hall–Kier alpha value is -1.68. The molecule has 30 heavy (non-hydrogen) atoms. The minimum Gasteiger partial charge on any atom is -0.386 e. The van der Waals surface area contributed by atoms with E-state index in [9.17, 15) is 5.11 Å². The van der Waals surface area contributed by atoms with E-state index in [0.717, 1.165) is 23.3 Å². The van der Waals surface area contributed by atoms with E-state index >= 15 is 0 Å². The molecule has 0 aliphatic carbocycles. The Morgan fingerprint density at radius 2 is 1.83 bits per heavy atom. The molecule has 0 aliphatic rings. The van der Waals surface area contributed by atoms with Gasteiger partial charge in [0.05, 0.1) is 6.61 Å². The van der Waals surface area contributed by atoms with Gasteiger partial charge in [0.25, 0.3) is 0 Å². The second-order valence-electron chi connectivity index (χ2n) is 6.83. The summed E-state index contributed by atoms with van der Waals surface area (Å²) in [7, 11) is 1.73. The topological polar surface area (TPSA) is 65.9 Å². The van der Waals surface area contributed by atoms with Crippen molar-refractivity contribution in [2.24, 2.45) is 4.99 Å². The van der Waals surface area contributed by atoms with Crippen LogP contribution >= 0.6 is 35.3 Å². The molecule has 0 aliphatic heterocycles. The molecule has 3 rings (SSSR count).